The summed E-state index contributed by atoms with van der Waals surface area (Å²) < 4.78 is 29.5. The van der Waals surface area contributed by atoms with Crippen LogP contribution in [0.25, 0.3) is 0 Å². The molecule has 1 unspecified atom stereocenters. The van der Waals surface area contributed by atoms with E-state index >= 15 is 0 Å². The van der Waals surface area contributed by atoms with Gasteiger partial charge in [0.15, 0.2) is 0 Å². The first-order chi connectivity index (χ1) is 9.97. The van der Waals surface area contributed by atoms with E-state index < -0.39 is 6.61 Å². The molecule has 0 bridgehead atoms. The Morgan fingerprint density at radius 3 is 2.38 bits per heavy atom. The second kappa shape index (κ2) is 6.57. The van der Waals surface area contributed by atoms with E-state index in [9.17, 15) is 8.78 Å². The summed E-state index contributed by atoms with van der Waals surface area (Å²) in [5, 5.41) is 3.31. The first kappa shape index (κ1) is 15.3. The molecule has 2 aromatic carbocycles. The van der Waals surface area contributed by atoms with Crippen LogP contribution in [0.1, 0.15) is 29.7 Å². The highest BCUT2D eigenvalue weighted by molar-refractivity contribution is 5.51. The van der Waals surface area contributed by atoms with Crippen molar-refractivity contribution in [2.45, 2.75) is 33.4 Å². The molecule has 0 saturated carbocycles. The van der Waals surface area contributed by atoms with Gasteiger partial charge < -0.3 is 10.1 Å². The van der Waals surface area contributed by atoms with Crippen molar-refractivity contribution in [1.82, 2.24) is 0 Å². The number of para-hydroxylation sites is 1. The van der Waals surface area contributed by atoms with Crippen LogP contribution in [0.3, 0.4) is 0 Å². The van der Waals surface area contributed by atoms with Gasteiger partial charge in [-0.15, -0.1) is 0 Å². The standard InChI is InChI=1S/C17H19F2NO/c1-11-8-9-14(10-12(11)2)20-13(3)15-6-4-5-7-16(15)21-17(18)19/h4-10,13,17,20H,1-3H3. The molecule has 0 saturated heterocycles. The van der Waals surface area contributed by atoms with Gasteiger partial charge in [-0.3, -0.25) is 0 Å². The maximum absolute atomic E-state index is 12.4. The highest BCUT2D eigenvalue weighted by Crippen LogP contribution is 2.29. The molecule has 2 rings (SSSR count). The van der Waals surface area contributed by atoms with Crippen molar-refractivity contribution in [2.75, 3.05) is 5.32 Å². The number of nitrogens with one attached hydrogen (secondary N) is 1. The molecular weight excluding hydrogens is 272 g/mol. The van der Waals surface area contributed by atoms with E-state index in [1.807, 2.05) is 45.0 Å². The Balaban J connectivity index is 2.19. The molecular formula is C17H19F2NO. The van der Waals surface area contributed by atoms with Crippen molar-refractivity contribution in [3.05, 3.63) is 59.2 Å². The van der Waals surface area contributed by atoms with Crippen molar-refractivity contribution in [1.29, 1.82) is 0 Å². The molecule has 1 atom stereocenters. The average molecular weight is 291 g/mol. The smallest absolute Gasteiger partial charge is 0.387 e. The van der Waals surface area contributed by atoms with E-state index in [0.717, 1.165) is 5.69 Å². The van der Waals surface area contributed by atoms with Crippen LogP contribution in [0.2, 0.25) is 0 Å². The molecule has 112 valence electrons. The molecule has 0 spiro atoms. The monoisotopic (exact) mass is 291 g/mol. The number of aryl methyl sites for hydroxylation is 2. The first-order valence-corrected chi connectivity index (χ1v) is 6.85. The minimum atomic E-state index is -2.82. The summed E-state index contributed by atoms with van der Waals surface area (Å²) in [6.45, 7) is 3.19. The summed E-state index contributed by atoms with van der Waals surface area (Å²) in [5.74, 6) is 0.205. The predicted octanol–water partition coefficient (Wildman–Crippen LogP) is 5.08. The fourth-order valence-corrected chi connectivity index (χ4v) is 2.20. The Morgan fingerprint density at radius 2 is 1.71 bits per heavy atom. The minimum absolute atomic E-state index is 0.137. The van der Waals surface area contributed by atoms with Crippen molar-refractivity contribution in [3.8, 4) is 5.75 Å². The molecule has 0 aromatic heterocycles. The van der Waals surface area contributed by atoms with Crippen LogP contribution in [-0.4, -0.2) is 6.61 Å². The topological polar surface area (TPSA) is 21.3 Å². The number of halogens is 2. The van der Waals surface area contributed by atoms with Gasteiger partial charge in [-0.05, 0) is 50.1 Å². The predicted molar refractivity (Wildman–Crippen MR) is 81.0 cm³/mol. The van der Waals surface area contributed by atoms with Crippen LogP contribution in [0.15, 0.2) is 42.5 Å². The Bertz CT molecular complexity index is 613. The van der Waals surface area contributed by atoms with Crippen LogP contribution < -0.4 is 10.1 Å². The summed E-state index contributed by atoms with van der Waals surface area (Å²) in [7, 11) is 0. The summed E-state index contributed by atoms with van der Waals surface area (Å²) >= 11 is 0. The van der Waals surface area contributed by atoms with Gasteiger partial charge in [0.25, 0.3) is 0 Å². The summed E-state index contributed by atoms with van der Waals surface area (Å²) in [6, 6.07) is 12.8. The van der Waals surface area contributed by atoms with Gasteiger partial charge >= 0.3 is 6.61 Å². The third-order valence-electron chi connectivity index (χ3n) is 3.49. The molecule has 21 heavy (non-hydrogen) atoms. The zero-order valence-electron chi connectivity index (χ0n) is 12.4. The Labute approximate surface area is 123 Å². The van der Waals surface area contributed by atoms with Gasteiger partial charge in [-0.25, -0.2) is 0 Å². The van der Waals surface area contributed by atoms with Crippen LogP contribution in [0, 0.1) is 13.8 Å². The summed E-state index contributed by atoms with van der Waals surface area (Å²) in [5.41, 5.74) is 4.06. The molecule has 0 aliphatic carbocycles. The number of hydrogen-bond donors (Lipinski definition) is 1. The number of benzene rings is 2. The fourth-order valence-electron chi connectivity index (χ4n) is 2.20. The van der Waals surface area contributed by atoms with Gasteiger partial charge in [-0.1, -0.05) is 24.3 Å². The molecule has 0 radical (unpaired) electrons. The lowest BCUT2D eigenvalue weighted by Gasteiger charge is -2.19. The highest BCUT2D eigenvalue weighted by atomic mass is 19.3. The average Bonchev–Trinajstić information content (AvgIpc) is 2.43. The van der Waals surface area contributed by atoms with Gasteiger partial charge in [0.2, 0.25) is 0 Å². The number of anilines is 1. The highest BCUT2D eigenvalue weighted by Gasteiger charge is 2.14. The molecule has 0 aliphatic rings. The Morgan fingerprint density at radius 1 is 1.00 bits per heavy atom. The van der Waals surface area contributed by atoms with E-state index in [4.69, 9.17) is 0 Å². The maximum Gasteiger partial charge on any atom is 0.387 e. The van der Waals surface area contributed by atoms with Gasteiger partial charge in [-0.2, -0.15) is 8.78 Å². The van der Waals surface area contributed by atoms with Crippen LogP contribution in [0.5, 0.6) is 5.75 Å². The fraction of sp³-hybridized carbons (Fsp3) is 0.294. The molecule has 0 amide bonds. The molecule has 0 aliphatic heterocycles. The molecule has 2 aromatic rings. The van der Waals surface area contributed by atoms with Gasteiger partial charge in [0, 0.05) is 11.3 Å². The number of rotatable bonds is 5. The normalized spacial score (nSPS) is 12.3. The number of ether oxygens (including phenoxy) is 1. The third kappa shape index (κ3) is 3.94. The van der Waals surface area contributed by atoms with Crippen LogP contribution in [-0.2, 0) is 0 Å². The lowest BCUT2D eigenvalue weighted by molar-refractivity contribution is -0.0505. The lowest BCUT2D eigenvalue weighted by Crippen LogP contribution is -2.11. The first-order valence-electron chi connectivity index (χ1n) is 6.85. The van der Waals surface area contributed by atoms with E-state index in [2.05, 4.69) is 10.1 Å². The second-order valence-electron chi connectivity index (χ2n) is 5.08. The molecule has 0 heterocycles. The van der Waals surface area contributed by atoms with Crippen molar-refractivity contribution in [3.63, 3.8) is 0 Å². The van der Waals surface area contributed by atoms with Gasteiger partial charge in [0.1, 0.15) is 5.75 Å². The lowest BCUT2D eigenvalue weighted by atomic mass is 10.1. The maximum atomic E-state index is 12.4. The van der Waals surface area contributed by atoms with Crippen LogP contribution >= 0.6 is 0 Å². The summed E-state index contributed by atoms with van der Waals surface area (Å²) in [4.78, 5) is 0. The van der Waals surface area contributed by atoms with Crippen LogP contribution in [0.4, 0.5) is 14.5 Å². The van der Waals surface area contributed by atoms with Gasteiger partial charge in [0.05, 0.1) is 6.04 Å². The molecule has 1 N–H and O–H groups in total. The zero-order valence-corrected chi connectivity index (χ0v) is 12.4. The Hall–Kier alpha value is -2.10. The van der Waals surface area contributed by atoms with E-state index in [-0.39, 0.29) is 11.8 Å². The quantitative estimate of drug-likeness (QED) is 0.829. The summed E-state index contributed by atoms with van der Waals surface area (Å²) in [6.07, 6.45) is 0. The molecule has 4 heteroatoms. The largest absolute Gasteiger partial charge is 0.434 e. The minimum Gasteiger partial charge on any atom is -0.434 e. The number of alkyl halides is 2. The SMILES string of the molecule is Cc1ccc(NC(C)c2ccccc2OC(F)F)cc1C. The Kier molecular flexibility index (Phi) is 4.78. The zero-order chi connectivity index (χ0) is 15.4. The molecule has 0 fully saturated rings. The van der Waals surface area contributed by atoms with Crippen molar-refractivity contribution in [2.24, 2.45) is 0 Å². The van der Waals surface area contributed by atoms with Crippen molar-refractivity contribution < 1.29 is 13.5 Å². The van der Waals surface area contributed by atoms with Crippen molar-refractivity contribution >= 4 is 5.69 Å². The van der Waals surface area contributed by atoms with E-state index in [0.29, 0.717) is 5.56 Å². The second-order valence-corrected chi connectivity index (χ2v) is 5.08. The van der Waals surface area contributed by atoms with E-state index in [1.165, 1.54) is 11.1 Å². The number of hydrogen-bond acceptors (Lipinski definition) is 2. The third-order valence-corrected chi connectivity index (χ3v) is 3.49. The molecule has 2 nitrogen and oxygen atoms in total. The van der Waals surface area contributed by atoms with E-state index in [1.54, 1.807) is 18.2 Å².